The molecular formula is C28H35NO6. The van der Waals surface area contributed by atoms with Crippen molar-refractivity contribution in [3.05, 3.63) is 59.2 Å². The maximum atomic E-state index is 13.3. The number of nitrogens with zero attached hydrogens (tertiary/aromatic N) is 1. The van der Waals surface area contributed by atoms with Crippen LogP contribution in [0.25, 0.3) is 5.76 Å². The smallest absolute Gasteiger partial charge is 0.295 e. The van der Waals surface area contributed by atoms with Crippen LogP contribution in [0.4, 0.5) is 0 Å². The van der Waals surface area contributed by atoms with Crippen LogP contribution < -0.4 is 14.2 Å². The topological polar surface area (TPSA) is 85.3 Å². The molecular weight excluding hydrogens is 446 g/mol. The molecule has 0 spiro atoms. The molecule has 1 aliphatic rings. The van der Waals surface area contributed by atoms with Crippen LogP contribution in [0.5, 0.6) is 17.2 Å². The number of hydrogen-bond donors (Lipinski definition) is 1. The van der Waals surface area contributed by atoms with Crippen molar-refractivity contribution in [2.24, 2.45) is 0 Å². The van der Waals surface area contributed by atoms with Crippen LogP contribution in [0, 0.1) is 0 Å². The SMILES string of the molecule is CCCCN1C(=O)C(=O)/C(=C(\O)c2ccc(OCC)cc2OCC)C1c1cccc(OCCC)c1. The highest BCUT2D eigenvalue weighted by Crippen LogP contribution is 2.42. The fourth-order valence-corrected chi connectivity index (χ4v) is 4.15. The summed E-state index contributed by atoms with van der Waals surface area (Å²) >= 11 is 0. The molecule has 2 aromatic rings. The second kappa shape index (κ2) is 12.3. The Hall–Kier alpha value is -3.48. The van der Waals surface area contributed by atoms with E-state index in [1.165, 1.54) is 0 Å². The highest BCUT2D eigenvalue weighted by atomic mass is 16.5. The van der Waals surface area contributed by atoms with E-state index < -0.39 is 17.7 Å². The van der Waals surface area contributed by atoms with Crippen LogP contribution >= 0.6 is 0 Å². The van der Waals surface area contributed by atoms with Crippen molar-refractivity contribution in [3.8, 4) is 17.2 Å². The summed E-state index contributed by atoms with van der Waals surface area (Å²) < 4.78 is 17.1. The Labute approximate surface area is 207 Å². The molecule has 1 unspecified atom stereocenters. The summed E-state index contributed by atoms with van der Waals surface area (Å²) in [5, 5.41) is 11.5. The number of unbranched alkanes of at least 4 members (excludes halogenated alkanes) is 1. The zero-order valence-corrected chi connectivity index (χ0v) is 21.0. The van der Waals surface area contributed by atoms with Gasteiger partial charge in [-0.25, -0.2) is 0 Å². The van der Waals surface area contributed by atoms with Gasteiger partial charge in [0.25, 0.3) is 11.7 Å². The molecule has 1 aliphatic heterocycles. The quantitative estimate of drug-likeness (QED) is 0.245. The Balaban J connectivity index is 2.17. The first-order valence-electron chi connectivity index (χ1n) is 12.4. The Morgan fingerprint density at radius 3 is 2.34 bits per heavy atom. The summed E-state index contributed by atoms with van der Waals surface area (Å²) in [7, 11) is 0. The predicted octanol–water partition coefficient (Wildman–Crippen LogP) is 5.49. The number of carbonyl (C=O) groups is 2. The average molecular weight is 482 g/mol. The normalized spacial score (nSPS) is 17.0. The van der Waals surface area contributed by atoms with Crippen molar-refractivity contribution in [1.29, 1.82) is 0 Å². The molecule has 7 nitrogen and oxygen atoms in total. The largest absolute Gasteiger partial charge is 0.507 e. The van der Waals surface area contributed by atoms with E-state index in [0.29, 0.717) is 54.7 Å². The summed E-state index contributed by atoms with van der Waals surface area (Å²) in [6.07, 6.45) is 2.46. The van der Waals surface area contributed by atoms with Crippen LogP contribution in [-0.4, -0.2) is 48.1 Å². The van der Waals surface area contributed by atoms with Gasteiger partial charge in [0.2, 0.25) is 0 Å². The third-order valence-corrected chi connectivity index (χ3v) is 5.76. The number of amides is 1. The fraction of sp³-hybridized carbons (Fsp3) is 0.429. The predicted molar refractivity (Wildman–Crippen MR) is 135 cm³/mol. The number of aliphatic hydroxyl groups is 1. The van der Waals surface area contributed by atoms with Gasteiger partial charge in [-0.05, 0) is 56.5 Å². The van der Waals surface area contributed by atoms with Gasteiger partial charge in [0.15, 0.2) is 0 Å². The summed E-state index contributed by atoms with van der Waals surface area (Å²) in [6.45, 7) is 9.58. The minimum atomic E-state index is -0.729. The van der Waals surface area contributed by atoms with Gasteiger partial charge in [-0.15, -0.1) is 0 Å². The Kier molecular flexibility index (Phi) is 9.18. The monoisotopic (exact) mass is 481 g/mol. The standard InChI is InChI=1S/C28H35NO6/c1-5-9-15-29-25(19-11-10-12-20(17-19)35-16-6-2)24(27(31)28(29)32)26(30)22-14-13-21(33-7-3)18-23(22)34-8-4/h10-14,17-18,25,30H,5-9,15-16H2,1-4H3/b26-24-. The van der Waals surface area contributed by atoms with Crippen LogP contribution in [0.1, 0.15) is 64.1 Å². The van der Waals surface area contributed by atoms with E-state index in [-0.39, 0.29) is 11.3 Å². The van der Waals surface area contributed by atoms with Crippen LogP contribution in [0.3, 0.4) is 0 Å². The number of rotatable bonds is 12. The maximum absolute atomic E-state index is 13.3. The molecule has 188 valence electrons. The zero-order valence-electron chi connectivity index (χ0n) is 21.0. The summed E-state index contributed by atoms with van der Waals surface area (Å²) in [5.74, 6) is 0.0385. The molecule has 3 rings (SSSR count). The highest BCUT2D eigenvalue weighted by molar-refractivity contribution is 6.46. The lowest BCUT2D eigenvalue weighted by Gasteiger charge is -2.25. The van der Waals surface area contributed by atoms with Gasteiger partial charge in [-0.2, -0.15) is 0 Å². The molecule has 0 saturated carbocycles. The molecule has 0 aliphatic carbocycles. The first kappa shape index (κ1) is 26.1. The van der Waals surface area contributed by atoms with Gasteiger partial charge < -0.3 is 24.2 Å². The average Bonchev–Trinajstić information content (AvgIpc) is 3.11. The van der Waals surface area contributed by atoms with Crippen molar-refractivity contribution in [1.82, 2.24) is 4.90 Å². The number of hydrogen-bond acceptors (Lipinski definition) is 6. The molecule has 1 atom stereocenters. The van der Waals surface area contributed by atoms with E-state index in [1.54, 1.807) is 23.1 Å². The van der Waals surface area contributed by atoms with Crippen LogP contribution in [0.2, 0.25) is 0 Å². The van der Waals surface area contributed by atoms with Gasteiger partial charge in [0.05, 0.1) is 37.0 Å². The molecule has 1 saturated heterocycles. The number of ether oxygens (including phenoxy) is 3. The van der Waals surface area contributed by atoms with Crippen molar-refractivity contribution in [2.75, 3.05) is 26.4 Å². The van der Waals surface area contributed by atoms with Gasteiger partial charge in [-0.3, -0.25) is 9.59 Å². The molecule has 2 aromatic carbocycles. The number of benzene rings is 2. The number of ketones is 1. The molecule has 0 bridgehead atoms. The van der Waals surface area contributed by atoms with Gasteiger partial charge in [0, 0.05) is 12.6 Å². The second-order valence-electron chi connectivity index (χ2n) is 8.29. The molecule has 7 heteroatoms. The molecule has 1 heterocycles. The zero-order chi connectivity index (χ0) is 25.4. The first-order valence-corrected chi connectivity index (χ1v) is 12.4. The summed E-state index contributed by atoms with van der Waals surface area (Å²) in [5.41, 5.74) is 1.09. The number of Topliss-reactive ketones (excluding diaryl/α,β-unsaturated/α-hetero) is 1. The lowest BCUT2D eigenvalue weighted by molar-refractivity contribution is -0.139. The van der Waals surface area contributed by atoms with Gasteiger partial charge >= 0.3 is 0 Å². The van der Waals surface area contributed by atoms with E-state index in [2.05, 4.69) is 0 Å². The van der Waals surface area contributed by atoms with E-state index in [4.69, 9.17) is 14.2 Å². The lowest BCUT2D eigenvalue weighted by atomic mass is 9.94. The van der Waals surface area contributed by atoms with E-state index >= 15 is 0 Å². The second-order valence-corrected chi connectivity index (χ2v) is 8.29. The number of likely N-dealkylation sites (tertiary alicyclic amines) is 1. The van der Waals surface area contributed by atoms with Crippen molar-refractivity contribution in [3.63, 3.8) is 0 Å². The van der Waals surface area contributed by atoms with Crippen LogP contribution in [-0.2, 0) is 9.59 Å². The molecule has 0 aromatic heterocycles. The Morgan fingerprint density at radius 1 is 0.914 bits per heavy atom. The maximum Gasteiger partial charge on any atom is 0.295 e. The molecule has 0 radical (unpaired) electrons. The Bertz CT molecular complexity index is 1080. The van der Waals surface area contributed by atoms with Crippen LogP contribution in [0.15, 0.2) is 48.0 Å². The number of aliphatic hydroxyl groups excluding tert-OH is 1. The van der Waals surface area contributed by atoms with Crippen molar-refractivity contribution in [2.45, 2.75) is 53.0 Å². The minimum absolute atomic E-state index is 0.0452. The summed E-state index contributed by atoms with van der Waals surface area (Å²) in [6, 6.07) is 11.7. The summed E-state index contributed by atoms with van der Waals surface area (Å²) in [4.78, 5) is 27.9. The minimum Gasteiger partial charge on any atom is -0.507 e. The Morgan fingerprint density at radius 2 is 1.66 bits per heavy atom. The number of carbonyl (C=O) groups excluding carboxylic acids is 2. The van der Waals surface area contributed by atoms with Crippen molar-refractivity contribution < 1.29 is 28.9 Å². The lowest BCUT2D eigenvalue weighted by Crippen LogP contribution is -2.30. The van der Waals surface area contributed by atoms with E-state index in [9.17, 15) is 14.7 Å². The highest BCUT2D eigenvalue weighted by Gasteiger charge is 2.46. The van der Waals surface area contributed by atoms with Crippen molar-refractivity contribution >= 4 is 17.4 Å². The first-order chi connectivity index (χ1) is 17.0. The van der Waals surface area contributed by atoms with Gasteiger partial charge in [0.1, 0.15) is 23.0 Å². The third-order valence-electron chi connectivity index (χ3n) is 5.76. The van der Waals surface area contributed by atoms with E-state index in [0.717, 1.165) is 19.3 Å². The van der Waals surface area contributed by atoms with E-state index in [1.807, 2.05) is 52.0 Å². The molecule has 1 amide bonds. The molecule has 1 fully saturated rings. The fourth-order valence-electron chi connectivity index (χ4n) is 4.15. The van der Waals surface area contributed by atoms with Gasteiger partial charge in [-0.1, -0.05) is 32.4 Å². The molecule has 1 N–H and O–H groups in total. The molecule has 35 heavy (non-hydrogen) atoms. The third kappa shape index (κ3) is 5.78.